The number of halogens is 3. The first kappa shape index (κ1) is 16.4. The SMILES string of the molecule is O=C(COc1ccc2c(c1)CCCC2)Nc1ccc(F)c(F)c1F. The van der Waals surface area contributed by atoms with Crippen LogP contribution >= 0.6 is 0 Å². The van der Waals surface area contributed by atoms with Crippen LogP contribution in [0.5, 0.6) is 5.75 Å². The number of hydrogen-bond donors (Lipinski definition) is 1. The Balaban J connectivity index is 1.61. The molecule has 1 aliphatic rings. The molecule has 1 amide bonds. The second-order valence-electron chi connectivity index (χ2n) is 5.70. The molecule has 6 heteroatoms. The van der Waals surface area contributed by atoms with Gasteiger partial charge in [-0.3, -0.25) is 4.79 Å². The van der Waals surface area contributed by atoms with E-state index in [9.17, 15) is 18.0 Å². The summed E-state index contributed by atoms with van der Waals surface area (Å²) in [5, 5.41) is 2.17. The second kappa shape index (κ2) is 6.95. The number of amides is 1. The number of hydrogen-bond acceptors (Lipinski definition) is 2. The number of carbonyl (C=O) groups is 1. The van der Waals surface area contributed by atoms with Crippen LogP contribution in [0.3, 0.4) is 0 Å². The quantitative estimate of drug-likeness (QED) is 0.858. The van der Waals surface area contributed by atoms with Crippen LogP contribution in [-0.2, 0) is 17.6 Å². The van der Waals surface area contributed by atoms with Gasteiger partial charge in [-0.15, -0.1) is 0 Å². The van der Waals surface area contributed by atoms with Crippen molar-refractivity contribution in [2.24, 2.45) is 0 Å². The minimum absolute atomic E-state index is 0.350. The number of benzene rings is 2. The molecule has 1 N–H and O–H groups in total. The molecule has 0 heterocycles. The van der Waals surface area contributed by atoms with E-state index in [0.717, 1.165) is 31.4 Å². The molecule has 3 nitrogen and oxygen atoms in total. The minimum atomic E-state index is -1.62. The summed E-state index contributed by atoms with van der Waals surface area (Å²) in [6.45, 7) is -0.350. The topological polar surface area (TPSA) is 38.3 Å². The van der Waals surface area contributed by atoms with Gasteiger partial charge in [-0.25, -0.2) is 13.2 Å². The molecule has 0 aromatic heterocycles. The van der Waals surface area contributed by atoms with E-state index in [0.29, 0.717) is 5.75 Å². The van der Waals surface area contributed by atoms with E-state index in [1.165, 1.54) is 17.5 Å². The third kappa shape index (κ3) is 3.53. The number of nitrogens with one attached hydrogen (secondary N) is 1. The molecule has 1 aliphatic carbocycles. The third-order valence-corrected chi connectivity index (χ3v) is 4.00. The highest BCUT2D eigenvalue weighted by atomic mass is 19.2. The van der Waals surface area contributed by atoms with Crippen molar-refractivity contribution in [1.29, 1.82) is 0 Å². The van der Waals surface area contributed by atoms with E-state index in [-0.39, 0.29) is 6.61 Å². The van der Waals surface area contributed by atoms with Crippen molar-refractivity contribution in [3.05, 3.63) is 58.9 Å². The van der Waals surface area contributed by atoms with E-state index in [4.69, 9.17) is 4.74 Å². The van der Waals surface area contributed by atoms with Crippen LogP contribution in [0, 0.1) is 17.5 Å². The maximum atomic E-state index is 13.5. The highest BCUT2D eigenvalue weighted by Crippen LogP contribution is 2.25. The van der Waals surface area contributed by atoms with E-state index in [1.807, 2.05) is 12.1 Å². The zero-order valence-corrected chi connectivity index (χ0v) is 12.9. The average molecular weight is 335 g/mol. The Kier molecular flexibility index (Phi) is 4.74. The Morgan fingerprint density at radius 1 is 1.00 bits per heavy atom. The predicted octanol–water partition coefficient (Wildman–Crippen LogP) is 4.00. The van der Waals surface area contributed by atoms with Crippen molar-refractivity contribution in [2.45, 2.75) is 25.7 Å². The van der Waals surface area contributed by atoms with Crippen LogP contribution in [0.2, 0.25) is 0 Å². The summed E-state index contributed by atoms with van der Waals surface area (Å²) in [6.07, 6.45) is 4.34. The summed E-state index contributed by atoms with van der Waals surface area (Å²) in [7, 11) is 0. The number of aryl methyl sites for hydroxylation is 2. The maximum absolute atomic E-state index is 13.5. The molecule has 0 saturated carbocycles. The molecule has 24 heavy (non-hydrogen) atoms. The molecule has 0 saturated heterocycles. The molecule has 0 aliphatic heterocycles. The van der Waals surface area contributed by atoms with Gasteiger partial charge in [-0.05, 0) is 61.1 Å². The van der Waals surface area contributed by atoms with Crippen LogP contribution in [0.25, 0.3) is 0 Å². The number of fused-ring (bicyclic) bond motifs is 1. The summed E-state index contributed by atoms with van der Waals surface area (Å²) in [4.78, 5) is 11.8. The van der Waals surface area contributed by atoms with Gasteiger partial charge in [0.2, 0.25) is 0 Å². The molecule has 0 radical (unpaired) electrons. The Bertz CT molecular complexity index is 777. The molecular weight excluding hydrogens is 319 g/mol. The number of anilines is 1. The van der Waals surface area contributed by atoms with Crippen molar-refractivity contribution >= 4 is 11.6 Å². The monoisotopic (exact) mass is 335 g/mol. The van der Waals surface area contributed by atoms with Gasteiger partial charge in [0.15, 0.2) is 24.1 Å². The summed E-state index contributed by atoms with van der Waals surface area (Å²) in [5.74, 6) is -4.47. The van der Waals surface area contributed by atoms with Crippen molar-refractivity contribution < 1.29 is 22.7 Å². The van der Waals surface area contributed by atoms with Crippen molar-refractivity contribution in [3.63, 3.8) is 0 Å². The summed E-state index contributed by atoms with van der Waals surface area (Å²) in [6, 6.07) is 7.38. The fourth-order valence-electron chi connectivity index (χ4n) is 2.76. The smallest absolute Gasteiger partial charge is 0.262 e. The van der Waals surface area contributed by atoms with Crippen LogP contribution in [0.1, 0.15) is 24.0 Å². The number of ether oxygens (including phenoxy) is 1. The van der Waals surface area contributed by atoms with Crippen molar-refractivity contribution in [2.75, 3.05) is 11.9 Å². The highest BCUT2D eigenvalue weighted by Gasteiger charge is 2.16. The normalized spacial score (nSPS) is 13.3. The van der Waals surface area contributed by atoms with Crippen LogP contribution in [0.15, 0.2) is 30.3 Å². The average Bonchev–Trinajstić information content (AvgIpc) is 2.60. The molecule has 2 aromatic carbocycles. The van der Waals surface area contributed by atoms with Gasteiger partial charge in [0.1, 0.15) is 5.75 Å². The lowest BCUT2D eigenvalue weighted by molar-refractivity contribution is -0.118. The van der Waals surface area contributed by atoms with Crippen LogP contribution in [-0.4, -0.2) is 12.5 Å². The fourth-order valence-corrected chi connectivity index (χ4v) is 2.76. The van der Waals surface area contributed by atoms with Gasteiger partial charge in [-0.1, -0.05) is 6.07 Å². The minimum Gasteiger partial charge on any atom is -0.484 e. The molecule has 0 bridgehead atoms. The Labute approximate surface area is 137 Å². The molecule has 0 atom stereocenters. The third-order valence-electron chi connectivity index (χ3n) is 4.00. The predicted molar refractivity (Wildman–Crippen MR) is 83.5 cm³/mol. The Morgan fingerprint density at radius 2 is 1.75 bits per heavy atom. The molecular formula is C18H16F3NO2. The van der Waals surface area contributed by atoms with E-state index in [1.54, 1.807) is 6.07 Å². The summed E-state index contributed by atoms with van der Waals surface area (Å²) in [5.41, 5.74) is 2.08. The zero-order valence-electron chi connectivity index (χ0n) is 12.9. The van der Waals surface area contributed by atoms with Gasteiger partial charge in [0.05, 0.1) is 5.69 Å². The molecule has 0 unspecified atom stereocenters. The molecule has 126 valence electrons. The van der Waals surface area contributed by atoms with Crippen LogP contribution < -0.4 is 10.1 Å². The number of carbonyl (C=O) groups excluding carboxylic acids is 1. The first-order chi connectivity index (χ1) is 11.5. The lowest BCUT2D eigenvalue weighted by atomic mass is 9.92. The van der Waals surface area contributed by atoms with Gasteiger partial charge in [-0.2, -0.15) is 0 Å². The zero-order chi connectivity index (χ0) is 17.1. The Morgan fingerprint density at radius 3 is 2.54 bits per heavy atom. The van der Waals surface area contributed by atoms with Crippen molar-refractivity contribution in [3.8, 4) is 5.75 Å². The maximum Gasteiger partial charge on any atom is 0.262 e. The molecule has 0 spiro atoms. The standard InChI is InChI=1S/C18H16F3NO2/c19-14-7-8-15(18(21)17(14)20)22-16(23)10-24-13-6-5-11-3-1-2-4-12(11)9-13/h5-9H,1-4,10H2,(H,22,23). The van der Waals surface area contributed by atoms with Crippen molar-refractivity contribution in [1.82, 2.24) is 0 Å². The highest BCUT2D eigenvalue weighted by molar-refractivity contribution is 5.92. The van der Waals surface area contributed by atoms with Gasteiger partial charge < -0.3 is 10.1 Å². The molecule has 3 rings (SSSR count). The number of rotatable bonds is 4. The van der Waals surface area contributed by atoms with Gasteiger partial charge in [0.25, 0.3) is 5.91 Å². The first-order valence-corrected chi connectivity index (χ1v) is 7.72. The largest absolute Gasteiger partial charge is 0.484 e. The second-order valence-corrected chi connectivity index (χ2v) is 5.70. The van der Waals surface area contributed by atoms with E-state index >= 15 is 0 Å². The van der Waals surface area contributed by atoms with E-state index in [2.05, 4.69) is 5.32 Å². The molecule has 2 aromatic rings. The van der Waals surface area contributed by atoms with E-state index < -0.39 is 29.0 Å². The van der Waals surface area contributed by atoms with Gasteiger partial charge >= 0.3 is 0 Å². The van der Waals surface area contributed by atoms with Crippen LogP contribution in [0.4, 0.5) is 18.9 Å². The fraction of sp³-hybridized carbons (Fsp3) is 0.278. The summed E-state index contributed by atoms with van der Waals surface area (Å²) >= 11 is 0. The Hall–Kier alpha value is -2.50. The summed E-state index contributed by atoms with van der Waals surface area (Å²) < 4.78 is 44.9. The first-order valence-electron chi connectivity index (χ1n) is 7.72. The lowest BCUT2D eigenvalue weighted by Crippen LogP contribution is -2.21. The molecule has 0 fully saturated rings. The lowest BCUT2D eigenvalue weighted by Gasteiger charge is -2.16. The van der Waals surface area contributed by atoms with Gasteiger partial charge in [0, 0.05) is 0 Å².